The average Bonchev–Trinajstić information content (AvgIpc) is 2.17. The van der Waals surface area contributed by atoms with Gasteiger partial charge in [0.1, 0.15) is 0 Å². The molecule has 6 nitrogen and oxygen atoms in total. The number of hydrogen-bond acceptors (Lipinski definition) is 4. The van der Waals surface area contributed by atoms with Gasteiger partial charge in [-0.2, -0.15) is 0 Å². The highest BCUT2D eigenvalue weighted by Crippen LogP contribution is 2.17. The number of benzene rings is 1. The van der Waals surface area contributed by atoms with E-state index in [0.717, 1.165) is 6.07 Å². The lowest BCUT2D eigenvalue weighted by molar-refractivity contribution is 0.0698. The SMILES string of the molecule is CNS(=O)(=O)c1ccc(N)c(C(=O)O)c1. The van der Waals surface area contributed by atoms with Gasteiger partial charge in [0.15, 0.2) is 0 Å². The maximum absolute atomic E-state index is 11.3. The normalized spacial score (nSPS) is 11.3. The Labute approximate surface area is 86.8 Å². The predicted molar refractivity (Wildman–Crippen MR) is 54.1 cm³/mol. The fraction of sp³-hybridized carbons (Fsp3) is 0.125. The summed E-state index contributed by atoms with van der Waals surface area (Å²) in [7, 11) is -2.40. The minimum absolute atomic E-state index is 0.0255. The molecule has 0 saturated heterocycles. The van der Waals surface area contributed by atoms with E-state index in [-0.39, 0.29) is 16.1 Å². The molecule has 0 bridgehead atoms. The molecule has 0 aromatic heterocycles. The molecule has 0 unspecified atom stereocenters. The van der Waals surface area contributed by atoms with Gasteiger partial charge in [-0.05, 0) is 25.2 Å². The molecule has 1 aromatic carbocycles. The minimum atomic E-state index is -3.64. The highest BCUT2D eigenvalue weighted by molar-refractivity contribution is 7.89. The molecule has 1 rings (SSSR count). The summed E-state index contributed by atoms with van der Waals surface area (Å²) in [5.41, 5.74) is 5.17. The van der Waals surface area contributed by atoms with Crippen molar-refractivity contribution in [1.29, 1.82) is 0 Å². The van der Waals surface area contributed by atoms with E-state index in [2.05, 4.69) is 4.72 Å². The first-order chi connectivity index (χ1) is 6.88. The quantitative estimate of drug-likeness (QED) is 0.627. The molecule has 0 heterocycles. The number of rotatable bonds is 3. The first-order valence-electron chi connectivity index (χ1n) is 3.95. The van der Waals surface area contributed by atoms with Gasteiger partial charge in [0.25, 0.3) is 0 Å². The molecule has 1 aromatic rings. The molecule has 0 aliphatic rings. The summed E-state index contributed by atoms with van der Waals surface area (Å²) in [4.78, 5) is 10.6. The lowest BCUT2D eigenvalue weighted by Crippen LogP contribution is -2.19. The smallest absolute Gasteiger partial charge is 0.337 e. The van der Waals surface area contributed by atoms with Crippen LogP contribution in [0.4, 0.5) is 5.69 Å². The number of anilines is 1. The van der Waals surface area contributed by atoms with Gasteiger partial charge in [0.2, 0.25) is 10.0 Å². The molecule has 0 atom stereocenters. The summed E-state index contributed by atoms with van der Waals surface area (Å²) < 4.78 is 24.8. The fourth-order valence-electron chi connectivity index (χ4n) is 1.01. The van der Waals surface area contributed by atoms with E-state index in [0.29, 0.717) is 0 Å². The Morgan fingerprint density at radius 3 is 2.53 bits per heavy atom. The molecule has 15 heavy (non-hydrogen) atoms. The molecule has 0 aliphatic carbocycles. The van der Waals surface area contributed by atoms with Crippen molar-refractivity contribution in [3.63, 3.8) is 0 Å². The number of nitrogens with one attached hydrogen (secondary N) is 1. The Hall–Kier alpha value is -1.60. The van der Waals surface area contributed by atoms with Crippen LogP contribution in [0.5, 0.6) is 0 Å². The number of carboxylic acids is 1. The van der Waals surface area contributed by atoms with Gasteiger partial charge < -0.3 is 10.8 Å². The topological polar surface area (TPSA) is 109 Å². The first-order valence-corrected chi connectivity index (χ1v) is 5.43. The Kier molecular flexibility index (Phi) is 2.96. The fourth-order valence-corrected chi connectivity index (χ4v) is 1.76. The average molecular weight is 230 g/mol. The van der Waals surface area contributed by atoms with Crippen molar-refractivity contribution < 1.29 is 18.3 Å². The van der Waals surface area contributed by atoms with Crippen LogP contribution >= 0.6 is 0 Å². The zero-order chi connectivity index (χ0) is 11.6. The maximum Gasteiger partial charge on any atom is 0.337 e. The highest BCUT2D eigenvalue weighted by Gasteiger charge is 2.15. The van der Waals surface area contributed by atoms with Gasteiger partial charge in [-0.15, -0.1) is 0 Å². The number of nitrogen functional groups attached to an aromatic ring is 1. The zero-order valence-corrected chi connectivity index (χ0v) is 8.71. The number of hydrogen-bond donors (Lipinski definition) is 3. The monoisotopic (exact) mass is 230 g/mol. The molecule has 0 spiro atoms. The summed E-state index contributed by atoms with van der Waals surface area (Å²) in [5.74, 6) is -1.26. The molecule has 4 N–H and O–H groups in total. The van der Waals surface area contributed by atoms with Crippen LogP contribution in [-0.4, -0.2) is 26.5 Å². The van der Waals surface area contributed by atoms with E-state index in [1.165, 1.54) is 19.2 Å². The molecule has 82 valence electrons. The summed E-state index contributed by atoms with van der Waals surface area (Å²) in [6, 6.07) is 3.50. The van der Waals surface area contributed by atoms with E-state index >= 15 is 0 Å². The third-order valence-electron chi connectivity index (χ3n) is 1.83. The van der Waals surface area contributed by atoms with Crippen molar-refractivity contribution in [3.05, 3.63) is 23.8 Å². The second-order valence-corrected chi connectivity index (χ2v) is 4.65. The van der Waals surface area contributed by atoms with E-state index in [4.69, 9.17) is 10.8 Å². The second kappa shape index (κ2) is 3.87. The lowest BCUT2D eigenvalue weighted by atomic mass is 10.2. The van der Waals surface area contributed by atoms with Crippen molar-refractivity contribution in [2.75, 3.05) is 12.8 Å². The van der Waals surface area contributed by atoms with Gasteiger partial charge in [-0.3, -0.25) is 0 Å². The summed E-state index contributed by atoms with van der Waals surface area (Å²) >= 11 is 0. The van der Waals surface area contributed by atoms with Gasteiger partial charge in [0.05, 0.1) is 10.5 Å². The van der Waals surface area contributed by atoms with Crippen LogP contribution in [0.15, 0.2) is 23.1 Å². The maximum atomic E-state index is 11.3. The number of carbonyl (C=O) groups is 1. The van der Waals surface area contributed by atoms with Crippen molar-refractivity contribution in [2.24, 2.45) is 0 Å². The Bertz CT molecular complexity index is 495. The zero-order valence-electron chi connectivity index (χ0n) is 7.89. The number of carboxylic acid groups (broad SMARTS) is 1. The van der Waals surface area contributed by atoms with Crippen molar-refractivity contribution >= 4 is 21.7 Å². The summed E-state index contributed by atoms with van der Waals surface area (Å²) in [6.07, 6.45) is 0. The first kappa shape index (κ1) is 11.5. The molecule has 0 fully saturated rings. The molecular formula is C8H10N2O4S. The molecule has 7 heteroatoms. The van der Waals surface area contributed by atoms with Crippen molar-refractivity contribution in [1.82, 2.24) is 4.72 Å². The Morgan fingerprint density at radius 1 is 1.47 bits per heavy atom. The number of sulfonamides is 1. The van der Waals surface area contributed by atoms with Crippen LogP contribution in [0.1, 0.15) is 10.4 Å². The van der Waals surface area contributed by atoms with Gasteiger partial charge in [-0.1, -0.05) is 0 Å². The number of aromatic carboxylic acids is 1. The summed E-state index contributed by atoms with van der Waals surface area (Å²) in [5, 5.41) is 8.73. The van der Waals surface area contributed by atoms with Crippen LogP contribution in [0.2, 0.25) is 0 Å². The molecular weight excluding hydrogens is 220 g/mol. The summed E-state index contributed by atoms with van der Waals surface area (Å²) in [6.45, 7) is 0. The van der Waals surface area contributed by atoms with Crippen LogP contribution in [0.25, 0.3) is 0 Å². The van der Waals surface area contributed by atoms with Gasteiger partial charge in [0, 0.05) is 5.69 Å². The third-order valence-corrected chi connectivity index (χ3v) is 3.25. The van der Waals surface area contributed by atoms with E-state index in [1.807, 2.05) is 0 Å². The molecule has 0 amide bonds. The number of nitrogens with two attached hydrogens (primary N) is 1. The second-order valence-electron chi connectivity index (χ2n) is 2.76. The van der Waals surface area contributed by atoms with E-state index in [9.17, 15) is 13.2 Å². The van der Waals surface area contributed by atoms with Crippen LogP contribution < -0.4 is 10.5 Å². The highest BCUT2D eigenvalue weighted by atomic mass is 32.2. The lowest BCUT2D eigenvalue weighted by Gasteiger charge is -2.05. The minimum Gasteiger partial charge on any atom is -0.478 e. The largest absolute Gasteiger partial charge is 0.478 e. The van der Waals surface area contributed by atoms with Gasteiger partial charge >= 0.3 is 5.97 Å². The standard InChI is InChI=1S/C8H10N2O4S/c1-10-15(13,14)5-2-3-7(9)6(4-5)8(11)12/h2-4,10H,9H2,1H3,(H,11,12). The molecule has 0 aliphatic heterocycles. The van der Waals surface area contributed by atoms with E-state index < -0.39 is 16.0 Å². The molecule has 0 saturated carbocycles. The third kappa shape index (κ3) is 2.25. The predicted octanol–water partition coefficient (Wildman–Crippen LogP) is -0.125. The Morgan fingerprint density at radius 2 is 2.07 bits per heavy atom. The van der Waals surface area contributed by atoms with Crippen LogP contribution in [0.3, 0.4) is 0 Å². The Balaban J connectivity index is 3.38. The van der Waals surface area contributed by atoms with Crippen LogP contribution in [-0.2, 0) is 10.0 Å². The van der Waals surface area contributed by atoms with Crippen LogP contribution in [0, 0.1) is 0 Å². The van der Waals surface area contributed by atoms with Gasteiger partial charge in [-0.25, -0.2) is 17.9 Å². The van der Waals surface area contributed by atoms with Crippen molar-refractivity contribution in [3.8, 4) is 0 Å². The van der Waals surface area contributed by atoms with E-state index in [1.54, 1.807) is 0 Å². The van der Waals surface area contributed by atoms with Crippen molar-refractivity contribution in [2.45, 2.75) is 4.90 Å². The molecule has 0 radical (unpaired) electrons.